The topological polar surface area (TPSA) is 134 Å². The summed E-state index contributed by atoms with van der Waals surface area (Å²) in [5, 5.41) is 7.58. The molecule has 0 aliphatic carbocycles. The zero-order valence-electron chi connectivity index (χ0n) is 17.6. The van der Waals surface area contributed by atoms with Gasteiger partial charge in [0.1, 0.15) is 11.5 Å². The lowest BCUT2D eigenvalue weighted by Crippen LogP contribution is -2.18. The Morgan fingerprint density at radius 1 is 1.15 bits per heavy atom. The smallest absolute Gasteiger partial charge is 0.411 e. The van der Waals surface area contributed by atoms with Crippen LogP contribution in [-0.4, -0.2) is 32.4 Å². The number of rotatable bonds is 5. The van der Waals surface area contributed by atoms with Crippen molar-refractivity contribution in [2.45, 2.75) is 13.3 Å². The van der Waals surface area contributed by atoms with Crippen LogP contribution in [-0.2, 0) is 11.2 Å². The molecule has 0 unspecified atom stereocenters. The number of nitrogen functional groups attached to an aromatic ring is 2. The zero-order chi connectivity index (χ0) is 24.6. The van der Waals surface area contributed by atoms with Crippen molar-refractivity contribution in [3.05, 3.63) is 64.1 Å². The van der Waals surface area contributed by atoms with Crippen LogP contribution >= 0.6 is 11.6 Å². The maximum absolute atomic E-state index is 14.3. The number of benzene rings is 2. The predicted octanol–water partition coefficient (Wildman–Crippen LogP) is 4.21. The Kier molecular flexibility index (Phi) is 6.16. The number of nitrogens with two attached hydrogens (primary N) is 2. The molecule has 1 amide bonds. The number of carbonyl (C=O) groups excluding carboxylic acids is 1. The summed E-state index contributed by atoms with van der Waals surface area (Å²) in [5.41, 5.74) is 12.3. The van der Waals surface area contributed by atoms with E-state index in [1.54, 1.807) is 25.1 Å². The summed E-state index contributed by atoms with van der Waals surface area (Å²) in [6, 6.07) is 6.09. The van der Waals surface area contributed by atoms with Gasteiger partial charge in [-0.25, -0.2) is 18.0 Å². The van der Waals surface area contributed by atoms with Crippen LogP contribution in [0.15, 0.2) is 30.3 Å². The fraction of sp³-hybridized carbons (Fsp3) is 0.143. The minimum absolute atomic E-state index is 0.0424. The molecule has 0 radical (unpaired) electrons. The number of nitrogens with zero attached hydrogens (tertiary/aromatic N) is 4. The van der Waals surface area contributed by atoms with Gasteiger partial charge in [-0.1, -0.05) is 11.6 Å². The van der Waals surface area contributed by atoms with Gasteiger partial charge in [0.05, 0.1) is 17.8 Å². The molecule has 2 aromatic heterocycles. The molecular weight excluding hydrogens is 475 g/mol. The average molecular weight is 492 g/mol. The highest BCUT2D eigenvalue weighted by Crippen LogP contribution is 2.29. The molecule has 0 atom stereocenters. The molecule has 0 saturated carbocycles. The van der Waals surface area contributed by atoms with E-state index in [0.717, 1.165) is 6.07 Å². The van der Waals surface area contributed by atoms with Gasteiger partial charge in [0.25, 0.3) is 5.95 Å². The molecule has 0 bridgehead atoms. The van der Waals surface area contributed by atoms with E-state index in [-0.39, 0.29) is 47.6 Å². The molecule has 0 aliphatic heterocycles. The average Bonchev–Trinajstić information content (AvgIpc) is 3.11. The van der Waals surface area contributed by atoms with E-state index in [2.05, 4.69) is 20.4 Å². The van der Waals surface area contributed by atoms with Gasteiger partial charge in [-0.2, -0.15) is 19.7 Å². The summed E-state index contributed by atoms with van der Waals surface area (Å²) in [4.78, 5) is 20.0. The number of anilines is 3. The Bertz CT molecular complexity index is 1400. The standard InChI is InChI=1S/C21H17ClF3N7O2/c1-2-34-21(33)28-17-18(26)29-20(30-19(17)27)32-15-4-3-10(22)7-12(15)14(31-32)6-9-5-11(23)8-13(24)16(9)25/h3-5,7-8H,2,6H2,1H3,(H,28,33)(H4,26,27,29,30). The van der Waals surface area contributed by atoms with E-state index in [9.17, 15) is 18.0 Å². The summed E-state index contributed by atoms with van der Waals surface area (Å²) in [7, 11) is 0. The monoisotopic (exact) mass is 491 g/mol. The fourth-order valence-corrected chi connectivity index (χ4v) is 3.50. The van der Waals surface area contributed by atoms with Crippen LogP contribution in [0, 0.1) is 17.5 Å². The molecule has 9 nitrogen and oxygen atoms in total. The van der Waals surface area contributed by atoms with Crippen molar-refractivity contribution in [2.24, 2.45) is 0 Å². The number of carbonyl (C=O) groups is 1. The van der Waals surface area contributed by atoms with Crippen LogP contribution in [0.5, 0.6) is 0 Å². The number of nitrogens with one attached hydrogen (secondary N) is 1. The third-order valence-corrected chi connectivity index (χ3v) is 5.02. The van der Waals surface area contributed by atoms with Crippen LogP contribution in [0.25, 0.3) is 16.9 Å². The molecule has 0 fully saturated rings. The van der Waals surface area contributed by atoms with E-state index in [0.29, 0.717) is 22.0 Å². The number of hydrogen-bond acceptors (Lipinski definition) is 7. The normalized spacial score (nSPS) is 11.1. The summed E-state index contributed by atoms with van der Waals surface area (Å²) in [6.07, 6.45) is -1.04. The van der Waals surface area contributed by atoms with Gasteiger partial charge in [0, 0.05) is 22.9 Å². The summed E-state index contributed by atoms with van der Waals surface area (Å²) in [6.45, 7) is 1.76. The first-order valence-corrected chi connectivity index (χ1v) is 10.2. The Morgan fingerprint density at radius 3 is 2.53 bits per heavy atom. The fourth-order valence-electron chi connectivity index (χ4n) is 3.33. The van der Waals surface area contributed by atoms with Crippen LogP contribution in [0.4, 0.5) is 35.3 Å². The number of amides is 1. The minimum atomic E-state index is -1.31. The molecule has 13 heteroatoms. The summed E-state index contributed by atoms with van der Waals surface area (Å²) < 4.78 is 47.7. The lowest BCUT2D eigenvalue weighted by Gasteiger charge is -2.11. The SMILES string of the molecule is CCOC(=O)Nc1c(N)nc(-n2nc(Cc3cc(F)cc(F)c3F)c3cc(Cl)ccc32)nc1N. The lowest BCUT2D eigenvalue weighted by molar-refractivity contribution is 0.168. The van der Waals surface area contributed by atoms with Crippen molar-refractivity contribution in [2.75, 3.05) is 23.4 Å². The molecule has 2 aromatic carbocycles. The first kappa shape index (κ1) is 23.1. The van der Waals surface area contributed by atoms with E-state index >= 15 is 0 Å². The van der Waals surface area contributed by atoms with Crippen molar-refractivity contribution < 1.29 is 22.7 Å². The van der Waals surface area contributed by atoms with Crippen molar-refractivity contribution in [1.82, 2.24) is 19.7 Å². The van der Waals surface area contributed by atoms with Gasteiger partial charge in [-0.15, -0.1) is 0 Å². The third kappa shape index (κ3) is 4.39. The van der Waals surface area contributed by atoms with Crippen molar-refractivity contribution >= 4 is 45.9 Å². The summed E-state index contributed by atoms with van der Waals surface area (Å²) >= 11 is 6.12. The molecule has 0 aliphatic rings. The Balaban J connectivity index is 1.81. The van der Waals surface area contributed by atoms with Gasteiger partial charge in [0.15, 0.2) is 23.3 Å². The number of fused-ring (bicyclic) bond motifs is 1. The van der Waals surface area contributed by atoms with Crippen LogP contribution in [0.3, 0.4) is 0 Å². The highest BCUT2D eigenvalue weighted by molar-refractivity contribution is 6.31. The van der Waals surface area contributed by atoms with Crippen molar-refractivity contribution in [3.8, 4) is 5.95 Å². The molecule has 2 heterocycles. The number of aromatic nitrogens is 4. The van der Waals surface area contributed by atoms with Crippen molar-refractivity contribution in [1.29, 1.82) is 0 Å². The highest BCUT2D eigenvalue weighted by Gasteiger charge is 2.20. The molecule has 0 saturated heterocycles. The lowest BCUT2D eigenvalue weighted by atomic mass is 10.1. The van der Waals surface area contributed by atoms with Gasteiger partial charge < -0.3 is 16.2 Å². The first-order chi connectivity index (χ1) is 16.2. The van der Waals surface area contributed by atoms with E-state index in [1.807, 2.05) is 0 Å². The van der Waals surface area contributed by atoms with Gasteiger partial charge in [-0.05, 0) is 36.8 Å². The van der Waals surface area contributed by atoms with Crippen molar-refractivity contribution in [3.63, 3.8) is 0 Å². The third-order valence-electron chi connectivity index (χ3n) is 4.79. The van der Waals surface area contributed by atoms with Gasteiger partial charge in [-0.3, -0.25) is 5.32 Å². The van der Waals surface area contributed by atoms with Gasteiger partial charge in [0.2, 0.25) is 0 Å². The van der Waals surface area contributed by atoms with Crippen LogP contribution < -0.4 is 16.8 Å². The quantitative estimate of drug-likeness (QED) is 0.356. The molecule has 4 aromatic rings. The van der Waals surface area contributed by atoms with E-state index in [4.69, 9.17) is 27.8 Å². The van der Waals surface area contributed by atoms with Gasteiger partial charge >= 0.3 is 6.09 Å². The highest BCUT2D eigenvalue weighted by atomic mass is 35.5. The Hall–Kier alpha value is -4.06. The predicted molar refractivity (Wildman–Crippen MR) is 120 cm³/mol. The number of halogens is 4. The second kappa shape index (κ2) is 9.06. The van der Waals surface area contributed by atoms with Crippen LogP contribution in [0.2, 0.25) is 5.02 Å². The van der Waals surface area contributed by atoms with Crippen LogP contribution in [0.1, 0.15) is 18.2 Å². The Morgan fingerprint density at radius 2 is 1.85 bits per heavy atom. The second-order valence-electron chi connectivity index (χ2n) is 7.07. The number of hydrogen-bond donors (Lipinski definition) is 3. The maximum Gasteiger partial charge on any atom is 0.411 e. The summed E-state index contributed by atoms with van der Waals surface area (Å²) in [5.74, 6) is -3.81. The molecule has 176 valence electrons. The second-order valence-corrected chi connectivity index (χ2v) is 7.51. The molecular formula is C21H17ClF3N7O2. The molecule has 5 N–H and O–H groups in total. The largest absolute Gasteiger partial charge is 0.450 e. The zero-order valence-corrected chi connectivity index (χ0v) is 18.3. The first-order valence-electron chi connectivity index (χ1n) is 9.85. The molecule has 0 spiro atoms. The Labute approximate surface area is 195 Å². The minimum Gasteiger partial charge on any atom is -0.450 e. The van der Waals surface area contributed by atoms with E-state index in [1.165, 1.54) is 4.68 Å². The van der Waals surface area contributed by atoms with E-state index < -0.39 is 23.5 Å². The maximum atomic E-state index is 14.3. The molecule has 4 rings (SSSR count). The molecule has 34 heavy (non-hydrogen) atoms. The number of ether oxygens (including phenoxy) is 1.